The molecule has 0 bridgehead atoms. The van der Waals surface area contributed by atoms with Crippen molar-refractivity contribution in [2.24, 2.45) is 28.8 Å². The van der Waals surface area contributed by atoms with Gasteiger partial charge in [-0.3, -0.25) is 9.78 Å². The third kappa shape index (κ3) is 16.2. The molecule has 3 fully saturated rings. The average molecular weight is 1230 g/mol. The Hall–Kier alpha value is -6.78. The lowest BCUT2D eigenvalue weighted by molar-refractivity contribution is -0.319. The van der Waals surface area contributed by atoms with Gasteiger partial charge in [-0.1, -0.05) is 118 Å². The normalized spacial score (nSPS) is 33.7. The molecule has 89 heavy (non-hydrogen) atoms. The van der Waals surface area contributed by atoms with Crippen LogP contribution in [0.5, 0.6) is 0 Å². The second-order valence-electron chi connectivity index (χ2n) is 25.0. The quantitative estimate of drug-likeness (QED) is 0.0382. The first-order valence-electron chi connectivity index (χ1n) is 30.8. The van der Waals surface area contributed by atoms with E-state index >= 15 is 4.79 Å². The topological polar surface area (TPSA) is 230 Å². The molecule has 0 spiro atoms. The van der Waals surface area contributed by atoms with Crippen LogP contribution in [0, 0.1) is 23.7 Å². The summed E-state index contributed by atoms with van der Waals surface area (Å²) in [5.74, 6) is -6.72. The summed E-state index contributed by atoms with van der Waals surface area (Å²) in [7, 11) is 5.30. The van der Waals surface area contributed by atoms with Crippen LogP contribution in [-0.4, -0.2) is 162 Å². The molecule has 18 atom stereocenters. The van der Waals surface area contributed by atoms with Crippen LogP contribution >= 0.6 is 0 Å². The van der Waals surface area contributed by atoms with Gasteiger partial charge in [0.25, 0.3) is 0 Å². The molecular weight excluding hydrogens is 1140 g/mol. The lowest BCUT2D eigenvalue weighted by atomic mass is 9.73. The van der Waals surface area contributed by atoms with Gasteiger partial charge in [-0.05, 0) is 129 Å². The van der Waals surface area contributed by atoms with Gasteiger partial charge in [0, 0.05) is 42.9 Å². The van der Waals surface area contributed by atoms with Crippen molar-refractivity contribution < 1.29 is 76.9 Å². The number of rotatable bonds is 17. The number of ether oxygens (including phenoxy) is 9. The first kappa shape index (κ1) is 68.1. The summed E-state index contributed by atoms with van der Waals surface area (Å²) in [6.45, 7) is 17.4. The Labute approximate surface area is 522 Å². The number of benzene rings is 4. The molecular formula is C70H89N3O16. The first-order chi connectivity index (χ1) is 42.4. The Bertz CT molecular complexity index is 3220. The number of likely N-dealkylation sites (N-methyl/N-ethyl adjacent to an activating group) is 1. The van der Waals surface area contributed by atoms with Crippen molar-refractivity contribution in [3.05, 3.63) is 156 Å². The van der Waals surface area contributed by atoms with E-state index in [1.165, 1.54) is 14.0 Å². The van der Waals surface area contributed by atoms with Gasteiger partial charge in [0.1, 0.15) is 17.3 Å². The van der Waals surface area contributed by atoms with Crippen molar-refractivity contribution in [2.75, 3.05) is 27.8 Å². The zero-order valence-corrected chi connectivity index (χ0v) is 53.4. The van der Waals surface area contributed by atoms with E-state index < -0.39 is 132 Å². The largest absolute Gasteiger partial charge is 0.459 e. The summed E-state index contributed by atoms with van der Waals surface area (Å²) in [4.78, 5) is 69.4. The molecule has 0 radical (unpaired) electrons. The van der Waals surface area contributed by atoms with E-state index in [4.69, 9.17) is 47.5 Å². The molecule has 3 aliphatic heterocycles. The van der Waals surface area contributed by atoms with E-state index in [-0.39, 0.29) is 37.1 Å². The number of hydrogen-bond donors (Lipinski definition) is 2. The van der Waals surface area contributed by atoms with Crippen LogP contribution in [0.3, 0.4) is 0 Å². The Morgan fingerprint density at radius 2 is 1.34 bits per heavy atom. The highest BCUT2D eigenvalue weighted by molar-refractivity contribution is 5.93. The van der Waals surface area contributed by atoms with Crippen LogP contribution in [0.4, 0.5) is 0 Å². The summed E-state index contributed by atoms with van der Waals surface area (Å²) in [5.41, 5.74) is -2.20. The highest BCUT2D eigenvalue weighted by Gasteiger charge is 2.55. The number of oxime groups is 1. The lowest BCUT2D eigenvalue weighted by Crippen LogP contribution is -2.62. The van der Waals surface area contributed by atoms with Crippen LogP contribution in [0.2, 0.25) is 0 Å². The van der Waals surface area contributed by atoms with Gasteiger partial charge >= 0.3 is 23.9 Å². The van der Waals surface area contributed by atoms with E-state index in [0.717, 1.165) is 16.5 Å². The van der Waals surface area contributed by atoms with Crippen LogP contribution in [0.25, 0.3) is 17.0 Å². The molecule has 4 aromatic carbocycles. The van der Waals surface area contributed by atoms with Gasteiger partial charge in [-0.25, -0.2) is 14.4 Å². The number of fused-ring (bicyclic) bond motifs is 1. The van der Waals surface area contributed by atoms with Crippen molar-refractivity contribution in [2.45, 2.75) is 179 Å². The number of nitrogens with zero attached hydrogens (tertiary/aromatic N) is 3. The minimum atomic E-state index is -2.12. The highest BCUT2D eigenvalue weighted by atomic mass is 16.7. The van der Waals surface area contributed by atoms with E-state index in [9.17, 15) is 24.6 Å². The summed E-state index contributed by atoms with van der Waals surface area (Å²) in [6.07, 6.45) is -5.08. The van der Waals surface area contributed by atoms with E-state index in [1.54, 1.807) is 132 Å². The third-order valence-corrected chi connectivity index (χ3v) is 17.9. The maximum atomic E-state index is 15.3. The molecule has 0 saturated carbocycles. The molecule has 4 heterocycles. The number of carbonyl (C=O) groups excluding carboxylic acids is 4. The second-order valence-corrected chi connectivity index (χ2v) is 25.0. The molecule has 19 heteroatoms. The molecule has 0 aliphatic carbocycles. The zero-order chi connectivity index (χ0) is 64.4. The minimum Gasteiger partial charge on any atom is -0.459 e. The van der Waals surface area contributed by atoms with Gasteiger partial charge in [-0.15, -0.1) is 0 Å². The van der Waals surface area contributed by atoms with Crippen molar-refractivity contribution in [1.29, 1.82) is 0 Å². The molecule has 8 rings (SSSR count). The minimum absolute atomic E-state index is 0.000502. The average Bonchev–Trinajstić information content (AvgIpc) is 2.34. The maximum absolute atomic E-state index is 15.3. The number of cyclic esters (lactones) is 1. The van der Waals surface area contributed by atoms with Crippen LogP contribution in [-0.2, 0) is 52.3 Å². The van der Waals surface area contributed by atoms with Crippen molar-refractivity contribution in [1.82, 2.24) is 9.88 Å². The number of aromatic nitrogens is 1. The predicted molar refractivity (Wildman–Crippen MR) is 334 cm³/mol. The van der Waals surface area contributed by atoms with E-state index in [1.807, 2.05) is 89.2 Å². The van der Waals surface area contributed by atoms with Gasteiger partial charge < -0.3 is 62.6 Å². The molecule has 19 nitrogen and oxygen atoms in total. The van der Waals surface area contributed by atoms with Crippen molar-refractivity contribution >= 4 is 46.6 Å². The van der Waals surface area contributed by atoms with E-state index in [2.05, 4.69) is 10.1 Å². The number of aliphatic hydroxyl groups excluding tert-OH is 1. The highest BCUT2D eigenvalue weighted by Crippen LogP contribution is 2.43. The molecule has 480 valence electrons. The molecule has 1 aromatic heterocycles. The Kier molecular flexibility index (Phi) is 22.9. The molecule has 2 N–H and O–H groups in total. The molecule has 2 unspecified atom stereocenters. The predicted octanol–water partition coefficient (Wildman–Crippen LogP) is 10.4. The number of pyridine rings is 1. The summed E-state index contributed by atoms with van der Waals surface area (Å²) in [5, 5.41) is 30.6. The first-order valence-corrected chi connectivity index (χ1v) is 30.8. The fourth-order valence-electron chi connectivity index (χ4n) is 12.9. The smallest absolute Gasteiger partial charge is 0.365 e. The van der Waals surface area contributed by atoms with Gasteiger partial charge in [-0.2, -0.15) is 0 Å². The summed E-state index contributed by atoms with van der Waals surface area (Å²) in [6, 6.07) is 34.9. The Balaban J connectivity index is 1.29. The second kappa shape index (κ2) is 29.9. The molecule has 5 aromatic rings. The molecule has 3 aliphatic rings. The Morgan fingerprint density at radius 1 is 0.742 bits per heavy atom. The fraction of sp³-hybridized carbons (Fsp3) is 0.514. The molecule has 3 saturated heterocycles. The Morgan fingerprint density at radius 3 is 1.94 bits per heavy atom. The number of para-hydroxylation sites is 1. The standard InChI is InChI=1S/C70H89N3O16/c1-14-55-70(10,79)60(74)44(4)57(72-89-66(78)51-32-22-17-23-33-51)42(2)39-69(9,81-36-26-27-48-38-52-34-24-25-35-53(52)71-41-48)61(88-67-59(54(73(11)12)37-43(3)82-67)86-64(76)49-28-18-15-19-29-49)45(5)58(46(6)63(75)84-55)85-56-40-68(8,80-13)62(47(7)83-56)87-65(77)50-30-20-16-21-31-50/h15-35,38,41-47,54-56,58-62,67,74,79H,14,36-37,39-40H2,1-13H3/t42-,43+,44-,45-,46+,47-,54-,55+,56-,58?,59+,60+,61+,62-,67?,68+,69-,70+/m0/s1. The van der Waals surface area contributed by atoms with Gasteiger partial charge in [0.15, 0.2) is 24.8 Å². The van der Waals surface area contributed by atoms with Crippen LogP contribution in [0.15, 0.2) is 139 Å². The number of methoxy groups -OCH3 is 1. The van der Waals surface area contributed by atoms with Crippen molar-refractivity contribution in [3.63, 3.8) is 0 Å². The van der Waals surface area contributed by atoms with E-state index in [0.29, 0.717) is 17.5 Å². The van der Waals surface area contributed by atoms with Crippen molar-refractivity contribution in [3.8, 4) is 0 Å². The number of esters is 3. The van der Waals surface area contributed by atoms with Crippen LogP contribution in [0.1, 0.15) is 132 Å². The summed E-state index contributed by atoms with van der Waals surface area (Å²) >= 11 is 0. The zero-order valence-electron chi connectivity index (χ0n) is 53.4. The number of aliphatic hydroxyl groups is 2. The number of carbonyl (C=O) groups is 4. The monoisotopic (exact) mass is 1230 g/mol. The SMILES string of the molecule is CC[C@H]1OC(=O)[C@H](C)C(O[C@H]2C[C@@](C)(OC)[C@@H](OC(=O)c3ccccc3)[C@H](C)O2)[C@H](C)[C@@H](OC2O[C@H](C)C[C@H](N(C)C)[C@H]2OC(=O)c2ccccc2)[C@@](C)(OCC=Cc2cnc3ccccc3c2)C[C@H](C)C(=NOC(=O)c2ccccc2)[C@H](C)[C@@H](O)[C@]1(C)O. The third-order valence-electron chi connectivity index (χ3n) is 17.9. The maximum Gasteiger partial charge on any atom is 0.365 e. The lowest BCUT2D eigenvalue weighted by Gasteiger charge is -2.50. The van der Waals surface area contributed by atoms with Gasteiger partial charge in [0.05, 0.1) is 82.6 Å². The number of hydrogen-bond acceptors (Lipinski definition) is 19. The molecule has 0 amide bonds. The van der Waals surface area contributed by atoms with Crippen LogP contribution < -0.4 is 0 Å². The fourth-order valence-corrected chi connectivity index (χ4v) is 12.9. The summed E-state index contributed by atoms with van der Waals surface area (Å²) < 4.78 is 60.9. The van der Waals surface area contributed by atoms with Gasteiger partial charge in [0.2, 0.25) is 0 Å².